The van der Waals surface area contributed by atoms with Crippen molar-refractivity contribution in [1.29, 1.82) is 0 Å². The van der Waals surface area contributed by atoms with Crippen molar-refractivity contribution in [3.8, 4) is 0 Å². The van der Waals surface area contributed by atoms with Gasteiger partial charge in [0.25, 0.3) is 0 Å². The van der Waals surface area contributed by atoms with Crippen LogP contribution in [0.5, 0.6) is 0 Å². The van der Waals surface area contributed by atoms with Crippen molar-refractivity contribution in [3.05, 3.63) is 93.0 Å². The maximum absolute atomic E-state index is 2.36. The number of fused-ring (bicyclic) bond motifs is 2. The first kappa shape index (κ1) is 24.1. The van der Waals surface area contributed by atoms with Crippen LogP contribution in [0.1, 0.15) is 72.2 Å². The highest BCUT2D eigenvalue weighted by Gasteiger charge is 2.05. The summed E-state index contributed by atoms with van der Waals surface area (Å²) in [7, 11) is 0. The summed E-state index contributed by atoms with van der Waals surface area (Å²) in [5, 5.41) is 5.66. The lowest BCUT2D eigenvalue weighted by Gasteiger charge is -2.10. The average Bonchev–Trinajstić information content (AvgIpc) is 2.79. The molecular weight excluding hydrogens is 384 g/mol. The molecule has 0 aliphatic heterocycles. The molecule has 0 aromatic heterocycles. The summed E-state index contributed by atoms with van der Waals surface area (Å²) in [6, 6.07) is 18.7. The summed E-state index contributed by atoms with van der Waals surface area (Å²) < 4.78 is 0. The molecular formula is C32H40. The van der Waals surface area contributed by atoms with Crippen LogP contribution >= 0.6 is 0 Å². The molecule has 0 fully saturated rings. The van der Waals surface area contributed by atoms with Crippen LogP contribution in [-0.2, 0) is 25.7 Å². The first-order valence-electron chi connectivity index (χ1n) is 12.4. The van der Waals surface area contributed by atoms with Gasteiger partial charge in [-0.1, -0.05) is 76.2 Å². The van der Waals surface area contributed by atoms with Gasteiger partial charge < -0.3 is 0 Å². The predicted octanol–water partition coefficient (Wildman–Crippen LogP) is 9.16. The fourth-order valence-corrected chi connectivity index (χ4v) is 4.80. The predicted molar refractivity (Wildman–Crippen MR) is 144 cm³/mol. The Bertz CT molecular complexity index is 1190. The molecule has 4 aromatic carbocycles. The van der Waals surface area contributed by atoms with E-state index in [2.05, 4.69) is 104 Å². The molecule has 0 aliphatic rings. The lowest BCUT2D eigenvalue weighted by atomic mass is 9.95. The van der Waals surface area contributed by atoms with Gasteiger partial charge in [0.15, 0.2) is 0 Å². The number of rotatable bonds is 4. The summed E-state index contributed by atoms with van der Waals surface area (Å²) in [5.74, 6) is 0. The third-order valence-corrected chi connectivity index (χ3v) is 6.88. The molecule has 0 radical (unpaired) electrons. The molecule has 32 heavy (non-hydrogen) atoms. The molecule has 0 heteroatoms. The summed E-state index contributed by atoms with van der Waals surface area (Å²) in [6.07, 6.45) is 4.47. The zero-order valence-corrected chi connectivity index (χ0v) is 21.4. The number of benzene rings is 4. The molecule has 0 saturated heterocycles. The molecule has 4 rings (SSSR count). The van der Waals surface area contributed by atoms with Gasteiger partial charge in [0, 0.05) is 0 Å². The van der Waals surface area contributed by atoms with Crippen LogP contribution in [0.3, 0.4) is 0 Å². The molecule has 0 spiro atoms. The number of hydrogen-bond acceptors (Lipinski definition) is 0. The fourth-order valence-electron chi connectivity index (χ4n) is 4.80. The quantitative estimate of drug-likeness (QED) is 0.306. The molecule has 0 amide bonds. The van der Waals surface area contributed by atoms with Gasteiger partial charge in [-0.05, 0) is 119 Å². The Hall–Kier alpha value is -2.60. The van der Waals surface area contributed by atoms with E-state index in [9.17, 15) is 0 Å². The Kier molecular flexibility index (Phi) is 7.77. The second-order valence-electron chi connectivity index (χ2n) is 9.25. The van der Waals surface area contributed by atoms with Crippen LogP contribution in [0.4, 0.5) is 0 Å². The van der Waals surface area contributed by atoms with Gasteiger partial charge in [0.1, 0.15) is 0 Å². The molecule has 0 saturated carbocycles. The van der Waals surface area contributed by atoms with Gasteiger partial charge in [-0.15, -0.1) is 0 Å². The topological polar surface area (TPSA) is 0 Å². The van der Waals surface area contributed by atoms with E-state index in [1.807, 2.05) is 0 Å². The largest absolute Gasteiger partial charge is 0.0613 e. The smallest absolute Gasteiger partial charge is 0.0149 e. The zero-order valence-electron chi connectivity index (χ0n) is 21.4. The molecule has 0 heterocycles. The number of hydrogen-bond donors (Lipinski definition) is 0. The van der Waals surface area contributed by atoms with Crippen LogP contribution in [0.25, 0.3) is 21.5 Å². The molecule has 0 aliphatic carbocycles. The first-order chi connectivity index (χ1) is 15.3. The van der Waals surface area contributed by atoms with Crippen LogP contribution < -0.4 is 0 Å². The minimum Gasteiger partial charge on any atom is -0.0613 e. The van der Waals surface area contributed by atoms with Gasteiger partial charge >= 0.3 is 0 Å². The maximum Gasteiger partial charge on any atom is -0.0149 e. The van der Waals surface area contributed by atoms with Crippen molar-refractivity contribution in [2.45, 2.75) is 81.1 Å². The maximum atomic E-state index is 2.36. The van der Waals surface area contributed by atoms with Gasteiger partial charge in [0.2, 0.25) is 0 Å². The van der Waals surface area contributed by atoms with Crippen LogP contribution in [0.2, 0.25) is 0 Å². The van der Waals surface area contributed by atoms with Gasteiger partial charge in [-0.25, -0.2) is 0 Å². The summed E-state index contributed by atoms with van der Waals surface area (Å²) in [6.45, 7) is 17.8. The zero-order chi connectivity index (χ0) is 23.4. The molecule has 168 valence electrons. The Balaban J connectivity index is 0.000000181. The van der Waals surface area contributed by atoms with Crippen molar-refractivity contribution >= 4 is 21.5 Å². The Morgan fingerprint density at radius 2 is 0.844 bits per heavy atom. The van der Waals surface area contributed by atoms with Crippen molar-refractivity contribution in [2.24, 2.45) is 0 Å². The van der Waals surface area contributed by atoms with Crippen molar-refractivity contribution in [1.82, 2.24) is 0 Å². The van der Waals surface area contributed by atoms with E-state index in [4.69, 9.17) is 0 Å². The van der Waals surface area contributed by atoms with E-state index in [1.165, 1.54) is 66.1 Å². The van der Waals surface area contributed by atoms with E-state index in [0.717, 1.165) is 25.7 Å². The summed E-state index contributed by atoms with van der Waals surface area (Å²) in [5.41, 5.74) is 11.4. The Morgan fingerprint density at radius 3 is 1.28 bits per heavy atom. The number of aryl methyl sites for hydroxylation is 8. The normalized spacial score (nSPS) is 11.0. The molecule has 0 bridgehead atoms. The summed E-state index contributed by atoms with van der Waals surface area (Å²) in [4.78, 5) is 0. The Morgan fingerprint density at radius 1 is 0.406 bits per heavy atom. The third-order valence-electron chi connectivity index (χ3n) is 6.88. The highest BCUT2D eigenvalue weighted by molar-refractivity contribution is 5.90. The highest BCUT2D eigenvalue weighted by Crippen LogP contribution is 2.27. The van der Waals surface area contributed by atoms with Gasteiger partial charge in [-0.3, -0.25) is 0 Å². The Labute approximate surface area is 195 Å². The van der Waals surface area contributed by atoms with E-state index < -0.39 is 0 Å². The third kappa shape index (κ3) is 5.07. The fraction of sp³-hybridized carbons (Fsp3) is 0.375. The molecule has 0 atom stereocenters. The lowest BCUT2D eigenvalue weighted by molar-refractivity contribution is 1.11. The van der Waals surface area contributed by atoms with Gasteiger partial charge in [-0.2, -0.15) is 0 Å². The monoisotopic (exact) mass is 424 g/mol. The van der Waals surface area contributed by atoms with Crippen molar-refractivity contribution in [2.75, 3.05) is 0 Å². The lowest BCUT2D eigenvalue weighted by Crippen LogP contribution is -1.91. The van der Waals surface area contributed by atoms with Crippen LogP contribution in [0.15, 0.2) is 48.5 Å². The van der Waals surface area contributed by atoms with E-state index in [-0.39, 0.29) is 0 Å². The van der Waals surface area contributed by atoms with Crippen molar-refractivity contribution < 1.29 is 0 Å². The minimum atomic E-state index is 1.12. The molecule has 0 unspecified atom stereocenters. The standard InChI is InChI=1S/2C16H20/c1-5-13-7-12(4)16-10-14(6-2)11(3)8-15(16)9-13;1-5-13-7-11(3)16-10-14(6-2)8-12(4)15(16)9-13/h2*7-10H,5-6H2,1-4H3. The molecule has 0 N–H and O–H groups in total. The molecule has 0 nitrogen and oxygen atoms in total. The van der Waals surface area contributed by atoms with E-state index in [1.54, 1.807) is 0 Å². The molecule has 4 aromatic rings. The second-order valence-corrected chi connectivity index (χ2v) is 9.25. The van der Waals surface area contributed by atoms with Gasteiger partial charge in [0.05, 0.1) is 0 Å². The SMILES string of the molecule is CCc1cc(C)c2cc(CC)c(C)cc2c1.CCc1cc(C)c2cc(CC)cc(C)c2c1. The van der Waals surface area contributed by atoms with E-state index in [0.29, 0.717) is 0 Å². The second kappa shape index (κ2) is 10.3. The van der Waals surface area contributed by atoms with Crippen molar-refractivity contribution in [3.63, 3.8) is 0 Å². The van der Waals surface area contributed by atoms with E-state index >= 15 is 0 Å². The average molecular weight is 425 g/mol. The highest BCUT2D eigenvalue weighted by atomic mass is 14.1. The first-order valence-corrected chi connectivity index (χ1v) is 12.4. The minimum absolute atomic E-state index is 1.12. The van der Waals surface area contributed by atoms with Crippen LogP contribution in [0, 0.1) is 27.7 Å². The summed E-state index contributed by atoms with van der Waals surface area (Å²) >= 11 is 0. The van der Waals surface area contributed by atoms with Crippen LogP contribution in [-0.4, -0.2) is 0 Å².